The van der Waals surface area contributed by atoms with Gasteiger partial charge in [-0.2, -0.15) is 0 Å². The van der Waals surface area contributed by atoms with Gasteiger partial charge < -0.3 is 29.7 Å². The predicted molar refractivity (Wildman–Crippen MR) is 155 cm³/mol. The fraction of sp³-hybridized carbons (Fsp3) is 0.370. The highest BCUT2D eigenvalue weighted by atomic mass is 32.1. The lowest BCUT2D eigenvalue weighted by molar-refractivity contribution is -0.00545. The number of morpholine rings is 1. The Labute approximate surface area is 229 Å². The number of nitrogens with one attached hydrogen (secondary N) is 3. The van der Waals surface area contributed by atoms with Crippen LogP contribution in [-0.4, -0.2) is 68.9 Å². The molecule has 3 atom stereocenters. The van der Waals surface area contributed by atoms with Crippen molar-refractivity contribution in [3.8, 4) is 11.4 Å². The second-order valence-corrected chi connectivity index (χ2v) is 10.4. The minimum atomic E-state index is -0.380. The number of hydrogen-bond donors (Lipinski definition) is 3. The van der Waals surface area contributed by atoms with Crippen molar-refractivity contribution in [2.45, 2.75) is 39.5 Å². The number of thiophene rings is 1. The van der Waals surface area contributed by atoms with Crippen molar-refractivity contribution >= 4 is 44.1 Å². The fourth-order valence-electron chi connectivity index (χ4n) is 4.94. The summed E-state index contributed by atoms with van der Waals surface area (Å²) in [6, 6.07) is 5.23. The molecule has 11 nitrogen and oxygen atoms in total. The van der Waals surface area contributed by atoms with Crippen LogP contribution in [0.1, 0.15) is 33.1 Å². The molecule has 6 heterocycles. The molecule has 1 saturated heterocycles. The third-order valence-electron chi connectivity index (χ3n) is 6.50. The largest absolute Gasteiger partial charge is 0.382 e. The number of methoxy groups -OCH3 is 1. The van der Waals surface area contributed by atoms with Gasteiger partial charge in [-0.3, -0.25) is 4.79 Å². The summed E-state index contributed by atoms with van der Waals surface area (Å²) in [5.41, 5.74) is 3.01. The van der Waals surface area contributed by atoms with Crippen molar-refractivity contribution < 1.29 is 9.47 Å². The fourth-order valence-corrected chi connectivity index (χ4v) is 5.81. The van der Waals surface area contributed by atoms with Gasteiger partial charge in [0.05, 0.1) is 51.9 Å². The summed E-state index contributed by atoms with van der Waals surface area (Å²) >= 11 is 1.53. The van der Waals surface area contributed by atoms with Gasteiger partial charge in [-0.15, -0.1) is 11.3 Å². The predicted octanol–water partition coefficient (Wildman–Crippen LogP) is 4.37. The Balaban J connectivity index is 0.00000308. The van der Waals surface area contributed by atoms with Crippen LogP contribution in [0.2, 0.25) is 0 Å². The smallest absolute Gasteiger partial charge is 0.261 e. The number of ether oxygens (including phenoxy) is 2. The molecule has 1 fully saturated rings. The lowest BCUT2D eigenvalue weighted by atomic mass is 10.1. The number of anilines is 2. The minimum Gasteiger partial charge on any atom is -0.382 e. The van der Waals surface area contributed by atoms with Crippen LogP contribution in [0.4, 0.5) is 11.5 Å². The van der Waals surface area contributed by atoms with Gasteiger partial charge >= 0.3 is 0 Å². The molecule has 5 aromatic rings. The molecule has 204 valence electrons. The molecule has 0 bridgehead atoms. The average molecular weight is 549 g/mol. The van der Waals surface area contributed by atoms with Crippen molar-refractivity contribution in [1.82, 2.24) is 29.9 Å². The monoisotopic (exact) mass is 548 g/mol. The molecule has 1 aliphatic heterocycles. The highest BCUT2D eigenvalue weighted by molar-refractivity contribution is 7.17. The summed E-state index contributed by atoms with van der Waals surface area (Å²) in [4.78, 5) is 40.3. The zero-order valence-corrected chi connectivity index (χ0v) is 22.1. The maximum absolute atomic E-state index is 13.4. The average Bonchev–Trinajstić information content (AvgIpc) is 3.54. The molecule has 0 unspecified atom stereocenters. The van der Waals surface area contributed by atoms with E-state index in [1.165, 1.54) is 11.3 Å². The van der Waals surface area contributed by atoms with E-state index in [1.54, 1.807) is 31.8 Å². The highest BCUT2D eigenvalue weighted by Gasteiger charge is 2.25. The van der Waals surface area contributed by atoms with Gasteiger partial charge in [0.2, 0.25) is 0 Å². The zero-order valence-electron chi connectivity index (χ0n) is 21.3. The summed E-state index contributed by atoms with van der Waals surface area (Å²) in [5.74, 6) is 1.85. The van der Waals surface area contributed by atoms with Crippen LogP contribution in [-0.2, 0) is 9.47 Å². The van der Waals surface area contributed by atoms with Crippen LogP contribution in [0.25, 0.3) is 32.6 Å². The lowest BCUT2D eigenvalue weighted by Gasteiger charge is -2.36. The Kier molecular flexibility index (Phi) is 7.60. The summed E-state index contributed by atoms with van der Waals surface area (Å²) < 4.78 is 12.2. The Hall–Kier alpha value is -3.87. The summed E-state index contributed by atoms with van der Waals surface area (Å²) in [5, 5.41) is 5.44. The Morgan fingerprint density at radius 1 is 1.18 bits per heavy atom. The maximum atomic E-state index is 13.4. The molecule has 39 heavy (non-hydrogen) atoms. The quantitative estimate of drug-likeness (QED) is 0.271. The van der Waals surface area contributed by atoms with Gasteiger partial charge in [0.25, 0.3) is 5.56 Å². The molecule has 6 rings (SSSR count). The van der Waals surface area contributed by atoms with Gasteiger partial charge in [0.1, 0.15) is 23.2 Å². The second kappa shape index (κ2) is 11.1. The van der Waals surface area contributed by atoms with Gasteiger partial charge in [0.15, 0.2) is 5.82 Å². The molecule has 1 aliphatic rings. The molecule has 0 aliphatic carbocycles. The van der Waals surface area contributed by atoms with Crippen molar-refractivity contribution in [1.29, 1.82) is 0 Å². The van der Waals surface area contributed by atoms with E-state index in [1.807, 2.05) is 17.5 Å². The second-order valence-electron chi connectivity index (χ2n) is 9.43. The molecule has 0 amide bonds. The number of aromatic amines is 2. The van der Waals surface area contributed by atoms with Gasteiger partial charge in [-0.1, -0.05) is 7.43 Å². The van der Waals surface area contributed by atoms with Crippen LogP contribution >= 0.6 is 11.3 Å². The third-order valence-corrected chi connectivity index (χ3v) is 7.43. The maximum Gasteiger partial charge on any atom is 0.261 e. The number of pyridine rings is 2. The van der Waals surface area contributed by atoms with Gasteiger partial charge in [0, 0.05) is 38.7 Å². The number of fused-ring (bicyclic) bond motifs is 2. The summed E-state index contributed by atoms with van der Waals surface area (Å²) in [6.45, 7) is 5.95. The van der Waals surface area contributed by atoms with E-state index < -0.39 is 0 Å². The number of aromatic nitrogens is 6. The van der Waals surface area contributed by atoms with Crippen LogP contribution in [0.5, 0.6) is 0 Å². The van der Waals surface area contributed by atoms with Crippen molar-refractivity contribution in [2.24, 2.45) is 0 Å². The van der Waals surface area contributed by atoms with Crippen LogP contribution in [0, 0.1) is 0 Å². The Bertz CT molecular complexity index is 1620. The SMILES string of the molecule is C.COC[C@H](Nc1c(-c2nc3cc(N4C[C@@H](C)O[C@@H](C)C4)ncc3[nH]2)c(=O)[nH]c2ccsc12)c1ncccn1. The molecule has 12 heteroatoms. The molecule has 0 saturated carbocycles. The Morgan fingerprint density at radius 3 is 2.69 bits per heavy atom. The van der Waals surface area contributed by atoms with Crippen LogP contribution < -0.4 is 15.8 Å². The van der Waals surface area contributed by atoms with Crippen molar-refractivity contribution in [2.75, 3.05) is 37.0 Å². The standard InChI is InChI=1S/C26H28N8O3S.CH4/c1-14-11-34(12-15(2)37-14)20-9-17-18(10-29-20)32-25(31-17)21-22(23-16(5-8-38-23)33-26(21)35)30-19(13-36-3)24-27-6-4-7-28-24;/h4-10,14-15,19H,11-13H2,1-3H3,(H,31,32)(H2,30,33,35);1H4/t14-,15+,19-;/m0./s1. The third kappa shape index (κ3) is 5.22. The first-order valence-electron chi connectivity index (χ1n) is 12.4. The van der Waals surface area contributed by atoms with E-state index in [-0.39, 0.29) is 31.2 Å². The van der Waals surface area contributed by atoms with E-state index in [0.717, 1.165) is 40.2 Å². The Morgan fingerprint density at radius 2 is 1.95 bits per heavy atom. The number of hydrogen-bond acceptors (Lipinski definition) is 10. The van der Waals surface area contributed by atoms with E-state index in [9.17, 15) is 4.79 Å². The van der Waals surface area contributed by atoms with Gasteiger partial charge in [-0.05, 0) is 31.4 Å². The summed E-state index contributed by atoms with van der Waals surface area (Å²) in [7, 11) is 1.62. The van der Waals surface area contributed by atoms with Crippen LogP contribution in [0.15, 0.2) is 47.0 Å². The topological polar surface area (TPSA) is 134 Å². The highest BCUT2D eigenvalue weighted by Crippen LogP contribution is 2.36. The molecule has 3 N–H and O–H groups in total. The normalized spacial score (nSPS) is 18.3. The van der Waals surface area contributed by atoms with E-state index >= 15 is 0 Å². The molecular formula is C27H32N8O3S. The first-order valence-corrected chi connectivity index (χ1v) is 13.3. The molecule has 0 radical (unpaired) electrons. The van der Waals surface area contributed by atoms with Gasteiger partial charge in [-0.25, -0.2) is 19.9 Å². The first kappa shape index (κ1) is 26.7. The molecule has 0 spiro atoms. The number of rotatable bonds is 7. The van der Waals surface area contributed by atoms with Crippen LogP contribution in [0.3, 0.4) is 0 Å². The molecule has 5 aromatic heterocycles. The molecule has 0 aromatic carbocycles. The first-order chi connectivity index (χ1) is 18.5. The lowest BCUT2D eigenvalue weighted by Crippen LogP contribution is -2.45. The number of nitrogens with zero attached hydrogens (tertiary/aromatic N) is 5. The van der Waals surface area contributed by atoms with E-state index in [4.69, 9.17) is 14.5 Å². The summed E-state index contributed by atoms with van der Waals surface area (Å²) in [6.07, 6.45) is 5.37. The zero-order chi connectivity index (χ0) is 26.2. The van der Waals surface area contributed by atoms with E-state index in [0.29, 0.717) is 29.5 Å². The molecular weight excluding hydrogens is 516 g/mol. The number of H-pyrrole nitrogens is 2. The van der Waals surface area contributed by atoms with E-state index in [2.05, 4.69) is 49.0 Å². The van der Waals surface area contributed by atoms with Crippen molar-refractivity contribution in [3.05, 3.63) is 58.3 Å². The van der Waals surface area contributed by atoms with Crippen molar-refractivity contribution in [3.63, 3.8) is 0 Å². The number of imidazole rings is 1. The minimum absolute atomic E-state index is 0.